The van der Waals surface area contributed by atoms with Crippen molar-refractivity contribution in [3.63, 3.8) is 0 Å². The van der Waals surface area contributed by atoms with Gasteiger partial charge in [-0.05, 0) is 18.1 Å². The van der Waals surface area contributed by atoms with Gasteiger partial charge in [-0.2, -0.15) is 0 Å². The second kappa shape index (κ2) is 3.05. The summed E-state index contributed by atoms with van der Waals surface area (Å²) in [7, 11) is 0. The summed E-state index contributed by atoms with van der Waals surface area (Å²) in [4.78, 5) is 15.7. The third-order valence-corrected chi connectivity index (χ3v) is 2.74. The van der Waals surface area contributed by atoms with Crippen LogP contribution in [-0.2, 0) is 11.2 Å². The van der Waals surface area contributed by atoms with Crippen molar-refractivity contribution in [1.82, 2.24) is 4.98 Å². The predicted molar refractivity (Wildman–Crippen MR) is 58.7 cm³/mol. The third-order valence-electron chi connectivity index (χ3n) is 2.74. The van der Waals surface area contributed by atoms with Gasteiger partial charge in [0.05, 0.1) is 11.2 Å². The van der Waals surface area contributed by atoms with Crippen LogP contribution < -0.4 is 5.32 Å². The molecule has 0 radical (unpaired) electrons. The van der Waals surface area contributed by atoms with Gasteiger partial charge in [-0.25, -0.2) is 0 Å². The van der Waals surface area contributed by atoms with E-state index in [1.165, 1.54) is 0 Å². The molecular weight excluding hydrogens is 188 g/mol. The summed E-state index contributed by atoms with van der Waals surface area (Å²) >= 11 is 0. The van der Waals surface area contributed by atoms with Gasteiger partial charge in [-0.3, -0.25) is 9.78 Å². The molecule has 1 aromatic heterocycles. The fraction of sp³-hybridized carbons (Fsp3) is 0.167. The maximum atomic E-state index is 11.3. The molecule has 1 N–H and O–H groups in total. The van der Waals surface area contributed by atoms with Crippen LogP contribution in [0.25, 0.3) is 10.9 Å². The average Bonchev–Trinajstić information content (AvgIpc) is 2.29. The standard InChI is InChI=1S/C12H10N2O/c15-11-6-5-8-7-13-10-4-2-1-3-9(10)12(8)14-11/h1-4,7H,5-6H2,(H,14,15). The number of carbonyl (C=O) groups is 1. The van der Waals surface area contributed by atoms with E-state index in [4.69, 9.17) is 0 Å². The van der Waals surface area contributed by atoms with Crippen molar-refractivity contribution >= 4 is 22.5 Å². The summed E-state index contributed by atoms with van der Waals surface area (Å²) < 4.78 is 0. The van der Waals surface area contributed by atoms with E-state index < -0.39 is 0 Å². The van der Waals surface area contributed by atoms with Crippen molar-refractivity contribution in [3.8, 4) is 0 Å². The Labute approximate surface area is 87.1 Å². The van der Waals surface area contributed by atoms with Crippen molar-refractivity contribution < 1.29 is 4.79 Å². The highest BCUT2D eigenvalue weighted by Gasteiger charge is 2.17. The van der Waals surface area contributed by atoms with Gasteiger partial charge in [-0.1, -0.05) is 18.2 Å². The van der Waals surface area contributed by atoms with Crippen LogP contribution in [0.15, 0.2) is 30.5 Å². The monoisotopic (exact) mass is 198 g/mol. The number of pyridine rings is 1. The minimum Gasteiger partial charge on any atom is -0.325 e. The molecule has 0 bridgehead atoms. The number of nitrogens with zero attached hydrogens (tertiary/aromatic N) is 1. The summed E-state index contributed by atoms with van der Waals surface area (Å²) in [5, 5.41) is 3.95. The highest BCUT2D eigenvalue weighted by molar-refractivity contribution is 6.03. The molecule has 1 aliphatic rings. The highest BCUT2D eigenvalue weighted by Crippen LogP contribution is 2.29. The first-order valence-corrected chi connectivity index (χ1v) is 5.01. The van der Waals surface area contributed by atoms with Gasteiger partial charge in [0.2, 0.25) is 5.91 Å². The van der Waals surface area contributed by atoms with E-state index >= 15 is 0 Å². The summed E-state index contributed by atoms with van der Waals surface area (Å²) in [5.74, 6) is 0.0962. The van der Waals surface area contributed by atoms with Gasteiger partial charge in [0.25, 0.3) is 0 Å². The van der Waals surface area contributed by atoms with Crippen molar-refractivity contribution in [2.75, 3.05) is 5.32 Å². The number of fused-ring (bicyclic) bond motifs is 3. The van der Waals surface area contributed by atoms with Crippen molar-refractivity contribution in [2.45, 2.75) is 12.8 Å². The molecule has 1 amide bonds. The van der Waals surface area contributed by atoms with Crippen molar-refractivity contribution in [3.05, 3.63) is 36.0 Å². The molecule has 3 nitrogen and oxygen atoms in total. The molecule has 3 rings (SSSR count). The van der Waals surface area contributed by atoms with Gasteiger partial charge in [0, 0.05) is 18.0 Å². The Hall–Kier alpha value is -1.90. The zero-order chi connectivity index (χ0) is 10.3. The van der Waals surface area contributed by atoms with Gasteiger partial charge >= 0.3 is 0 Å². The topological polar surface area (TPSA) is 42.0 Å². The summed E-state index contributed by atoms with van der Waals surface area (Å²) in [5.41, 5.74) is 3.00. The van der Waals surface area contributed by atoms with Crippen LogP contribution in [0.5, 0.6) is 0 Å². The van der Waals surface area contributed by atoms with E-state index in [0.717, 1.165) is 28.6 Å². The molecule has 1 aromatic carbocycles. The van der Waals surface area contributed by atoms with E-state index in [2.05, 4.69) is 10.3 Å². The first-order valence-electron chi connectivity index (χ1n) is 5.01. The number of hydrogen-bond acceptors (Lipinski definition) is 2. The van der Waals surface area contributed by atoms with E-state index in [1.807, 2.05) is 30.5 Å². The SMILES string of the molecule is O=C1CCc2cnc3ccccc3c2N1. The van der Waals surface area contributed by atoms with Crippen LogP contribution in [0.4, 0.5) is 5.69 Å². The average molecular weight is 198 g/mol. The fourth-order valence-corrected chi connectivity index (χ4v) is 1.97. The molecule has 0 fully saturated rings. The highest BCUT2D eigenvalue weighted by atomic mass is 16.1. The lowest BCUT2D eigenvalue weighted by atomic mass is 10.0. The number of hydrogen-bond donors (Lipinski definition) is 1. The van der Waals surface area contributed by atoms with E-state index in [1.54, 1.807) is 0 Å². The molecule has 0 aliphatic carbocycles. The lowest BCUT2D eigenvalue weighted by Crippen LogP contribution is -2.19. The molecule has 1 aliphatic heterocycles. The maximum Gasteiger partial charge on any atom is 0.224 e. The summed E-state index contributed by atoms with van der Waals surface area (Å²) in [6.45, 7) is 0. The molecular formula is C12H10N2O. The van der Waals surface area contributed by atoms with E-state index in [-0.39, 0.29) is 5.91 Å². The number of carbonyl (C=O) groups excluding carboxylic acids is 1. The molecule has 0 atom stereocenters. The molecule has 15 heavy (non-hydrogen) atoms. The molecule has 0 unspecified atom stereocenters. The number of rotatable bonds is 0. The Morgan fingerprint density at radius 2 is 2.07 bits per heavy atom. The molecule has 0 saturated carbocycles. The number of aryl methyl sites for hydroxylation is 1. The number of benzene rings is 1. The quantitative estimate of drug-likeness (QED) is 0.704. The van der Waals surface area contributed by atoms with Crippen LogP contribution in [0.3, 0.4) is 0 Å². The molecule has 74 valence electrons. The van der Waals surface area contributed by atoms with Crippen LogP contribution in [-0.4, -0.2) is 10.9 Å². The Balaban J connectivity index is 2.32. The first-order chi connectivity index (χ1) is 7.34. The van der Waals surface area contributed by atoms with E-state index in [9.17, 15) is 4.79 Å². The van der Waals surface area contributed by atoms with Crippen LogP contribution in [0.2, 0.25) is 0 Å². The van der Waals surface area contributed by atoms with Crippen LogP contribution >= 0.6 is 0 Å². The minimum atomic E-state index is 0.0962. The fourth-order valence-electron chi connectivity index (χ4n) is 1.97. The largest absolute Gasteiger partial charge is 0.325 e. The Bertz CT molecular complexity index is 548. The van der Waals surface area contributed by atoms with Crippen LogP contribution in [0.1, 0.15) is 12.0 Å². The smallest absolute Gasteiger partial charge is 0.224 e. The summed E-state index contributed by atoms with van der Waals surface area (Å²) in [6, 6.07) is 7.86. The maximum absolute atomic E-state index is 11.3. The lowest BCUT2D eigenvalue weighted by molar-refractivity contribution is -0.116. The number of para-hydroxylation sites is 1. The van der Waals surface area contributed by atoms with Gasteiger partial charge in [0.15, 0.2) is 0 Å². The zero-order valence-electron chi connectivity index (χ0n) is 8.16. The number of aromatic nitrogens is 1. The molecule has 2 aromatic rings. The molecule has 0 spiro atoms. The number of anilines is 1. The number of nitrogens with one attached hydrogen (secondary N) is 1. The Kier molecular flexibility index (Phi) is 1.71. The van der Waals surface area contributed by atoms with Crippen molar-refractivity contribution in [2.24, 2.45) is 0 Å². The van der Waals surface area contributed by atoms with Crippen LogP contribution in [0, 0.1) is 0 Å². The predicted octanol–water partition coefficient (Wildman–Crippen LogP) is 2.12. The zero-order valence-corrected chi connectivity index (χ0v) is 8.16. The van der Waals surface area contributed by atoms with Crippen molar-refractivity contribution in [1.29, 1.82) is 0 Å². The molecule has 2 heterocycles. The first kappa shape index (κ1) is 8.41. The third kappa shape index (κ3) is 1.28. The van der Waals surface area contributed by atoms with Gasteiger partial charge in [0.1, 0.15) is 0 Å². The molecule has 3 heteroatoms. The van der Waals surface area contributed by atoms with Gasteiger partial charge < -0.3 is 5.32 Å². The number of amides is 1. The second-order valence-corrected chi connectivity index (χ2v) is 3.72. The minimum absolute atomic E-state index is 0.0962. The Morgan fingerprint density at radius 3 is 3.00 bits per heavy atom. The normalized spacial score (nSPS) is 14.8. The second-order valence-electron chi connectivity index (χ2n) is 3.72. The Morgan fingerprint density at radius 1 is 1.20 bits per heavy atom. The van der Waals surface area contributed by atoms with E-state index in [0.29, 0.717) is 6.42 Å². The molecule has 0 saturated heterocycles. The lowest BCUT2D eigenvalue weighted by Gasteiger charge is -2.17. The van der Waals surface area contributed by atoms with Gasteiger partial charge in [-0.15, -0.1) is 0 Å². The summed E-state index contributed by atoms with van der Waals surface area (Å²) in [6.07, 6.45) is 3.21.